The standard InChI is InChI=1S/C20H30N2O8/c1-15(23)22-14-16(30-19(25)6-5-18(24)27-2)13-17(22)20(26)29-10-4-3-7-21-8-11-28-12-9-21/h5-6,16-17H,3-4,7-14H2,1-2H3/b6-5+/t16-,17+/m1/s1. The number of amides is 1. The minimum atomic E-state index is -0.788. The van der Waals surface area contributed by atoms with Crippen LogP contribution in [0.3, 0.4) is 0 Å². The number of carbonyl (C=O) groups is 4. The van der Waals surface area contributed by atoms with E-state index < -0.39 is 30.1 Å². The van der Waals surface area contributed by atoms with E-state index in [1.165, 1.54) is 18.9 Å². The summed E-state index contributed by atoms with van der Waals surface area (Å²) < 4.78 is 20.3. The van der Waals surface area contributed by atoms with Crippen molar-refractivity contribution in [1.29, 1.82) is 0 Å². The summed E-state index contributed by atoms with van der Waals surface area (Å²) in [6, 6.07) is -0.788. The van der Waals surface area contributed by atoms with E-state index >= 15 is 0 Å². The van der Waals surface area contributed by atoms with Crippen molar-refractivity contribution in [2.75, 3.05) is 53.1 Å². The molecule has 2 aliphatic heterocycles. The van der Waals surface area contributed by atoms with Crippen LogP contribution in [0.1, 0.15) is 26.2 Å². The van der Waals surface area contributed by atoms with Crippen molar-refractivity contribution >= 4 is 23.8 Å². The highest BCUT2D eigenvalue weighted by atomic mass is 16.6. The number of ether oxygens (including phenoxy) is 4. The van der Waals surface area contributed by atoms with Gasteiger partial charge in [0.15, 0.2) is 0 Å². The lowest BCUT2D eigenvalue weighted by Gasteiger charge is -2.26. The van der Waals surface area contributed by atoms with E-state index in [9.17, 15) is 19.2 Å². The summed E-state index contributed by atoms with van der Waals surface area (Å²) in [5, 5.41) is 0. The molecule has 0 N–H and O–H groups in total. The number of nitrogens with zero attached hydrogens (tertiary/aromatic N) is 2. The number of methoxy groups -OCH3 is 1. The second-order valence-electron chi connectivity index (χ2n) is 7.17. The molecular formula is C20H30N2O8. The van der Waals surface area contributed by atoms with Crippen LogP contribution in [0.5, 0.6) is 0 Å². The summed E-state index contributed by atoms with van der Waals surface area (Å²) in [7, 11) is 1.19. The molecule has 10 heteroatoms. The van der Waals surface area contributed by atoms with Gasteiger partial charge in [0, 0.05) is 38.6 Å². The van der Waals surface area contributed by atoms with E-state index in [-0.39, 0.29) is 25.5 Å². The smallest absolute Gasteiger partial charge is 0.331 e. The Hall–Kier alpha value is -2.46. The van der Waals surface area contributed by atoms with Gasteiger partial charge in [0.2, 0.25) is 5.91 Å². The Morgan fingerprint density at radius 3 is 2.43 bits per heavy atom. The third-order valence-corrected chi connectivity index (χ3v) is 5.00. The minimum absolute atomic E-state index is 0.101. The lowest BCUT2D eigenvalue weighted by molar-refractivity contribution is -0.153. The maximum Gasteiger partial charge on any atom is 0.331 e. The summed E-state index contributed by atoms with van der Waals surface area (Å²) in [5.74, 6) is -2.22. The fourth-order valence-corrected chi connectivity index (χ4v) is 3.39. The van der Waals surface area contributed by atoms with Gasteiger partial charge in [-0.15, -0.1) is 0 Å². The summed E-state index contributed by atoms with van der Waals surface area (Å²) in [6.45, 7) is 6.00. The number of rotatable bonds is 9. The van der Waals surface area contributed by atoms with Crippen LogP contribution in [0.25, 0.3) is 0 Å². The van der Waals surface area contributed by atoms with Crippen molar-refractivity contribution in [1.82, 2.24) is 9.80 Å². The maximum absolute atomic E-state index is 12.5. The van der Waals surface area contributed by atoms with Crippen LogP contribution in [0, 0.1) is 0 Å². The molecule has 0 aromatic rings. The zero-order valence-electron chi connectivity index (χ0n) is 17.5. The average molecular weight is 426 g/mol. The van der Waals surface area contributed by atoms with E-state index in [0.717, 1.165) is 57.8 Å². The Balaban J connectivity index is 1.74. The van der Waals surface area contributed by atoms with E-state index in [1.807, 2.05) is 0 Å². The van der Waals surface area contributed by atoms with E-state index in [2.05, 4.69) is 9.64 Å². The minimum Gasteiger partial charge on any atom is -0.466 e. The van der Waals surface area contributed by atoms with Crippen LogP contribution in [0.4, 0.5) is 0 Å². The number of hydrogen-bond donors (Lipinski definition) is 0. The highest BCUT2D eigenvalue weighted by molar-refractivity contribution is 5.91. The van der Waals surface area contributed by atoms with Crippen molar-refractivity contribution in [3.8, 4) is 0 Å². The normalized spacial score (nSPS) is 22.1. The number of likely N-dealkylation sites (tertiary alicyclic amines) is 1. The largest absolute Gasteiger partial charge is 0.466 e. The summed E-state index contributed by atoms with van der Waals surface area (Å²) in [4.78, 5) is 50.8. The van der Waals surface area contributed by atoms with E-state index in [0.29, 0.717) is 0 Å². The van der Waals surface area contributed by atoms with Gasteiger partial charge in [-0.2, -0.15) is 0 Å². The van der Waals surface area contributed by atoms with Crippen molar-refractivity contribution < 1.29 is 38.1 Å². The molecule has 2 saturated heterocycles. The second kappa shape index (κ2) is 12.3. The monoisotopic (exact) mass is 426 g/mol. The van der Waals surface area contributed by atoms with Gasteiger partial charge in [-0.05, 0) is 19.4 Å². The molecule has 0 aliphatic carbocycles. The Morgan fingerprint density at radius 1 is 1.07 bits per heavy atom. The van der Waals surface area contributed by atoms with Gasteiger partial charge < -0.3 is 23.8 Å². The molecule has 2 aliphatic rings. The van der Waals surface area contributed by atoms with Gasteiger partial charge in [-0.3, -0.25) is 9.69 Å². The van der Waals surface area contributed by atoms with Gasteiger partial charge in [0.05, 0.1) is 33.5 Å². The number of morpholine rings is 1. The zero-order chi connectivity index (χ0) is 21.9. The van der Waals surface area contributed by atoms with Crippen LogP contribution < -0.4 is 0 Å². The molecule has 0 aromatic heterocycles. The Kier molecular flexibility index (Phi) is 9.75. The molecule has 0 radical (unpaired) electrons. The van der Waals surface area contributed by atoms with Crippen LogP contribution in [-0.4, -0.2) is 98.9 Å². The number of carbonyl (C=O) groups excluding carboxylic acids is 4. The van der Waals surface area contributed by atoms with Gasteiger partial charge >= 0.3 is 17.9 Å². The summed E-state index contributed by atoms with van der Waals surface area (Å²) in [5.41, 5.74) is 0. The Bertz CT molecular complexity index is 645. The number of unbranched alkanes of at least 4 members (excludes halogenated alkanes) is 1. The van der Waals surface area contributed by atoms with Gasteiger partial charge in [0.1, 0.15) is 12.1 Å². The zero-order valence-corrected chi connectivity index (χ0v) is 17.5. The third-order valence-electron chi connectivity index (χ3n) is 5.00. The molecule has 168 valence electrons. The molecule has 1 amide bonds. The molecule has 0 aromatic carbocycles. The fourth-order valence-electron chi connectivity index (χ4n) is 3.39. The molecule has 0 saturated carbocycles. The number of hydrogen-bond acceptors (Lipinski definition) is 9. The van der Waals surface area contributed by atoms with Crippen LogP contribution >= 0.6 is 0 Å². The quantitative estimate of drug-likeness (QED) is 0.216. The molecule has 2 rings (SSSR count). The summed E-state index contributed by atoms with van der Waals surface area (Å²) >= 11 is 0. The van der Waals surface area contributed by atoms with E-state index in [4.69, 9.17) is 14.2 Å². The van der Waals surface area contributed by atoms with Gasteiger partial charge in [0.25, 0.3) is 0 Å². The van der Waals surface area contributed by atoms with Gasteiger partial charge in [-0.1, -0.05) is 0 Å². The molecule has 0 unspecified atom stereocenters. The molecular weight excluding hydrogens is 396 g/mol. The topological polar surface area (TPSA) is 112 Å². The molecule has 2 heterocycles. The molecule has 30 heavy (non-hydrogen) atoms. The average Bonchev–Trinajstić information content (AvgIpc) is 3.16. The first-order chi connectivity index (χ1) is 14.4. The molecule has 10 nitrogen and oxygen atoms in total. The molecule has 2 atom stereocenters. The highest BCUT2D eigenvalue weighted by Gasteiger charge is 2.41. The first-order valence-corrected chi connectivity index (χ1v) is 10.1. The van der Waals surface area contributed by atoms with Crippen molar-refractivity contribution in [2.45, 2.75) is 38.3 Å². The maximum atomic E-state index is 12.5. The van der Waals surface area contributed by atoms with Crippen molar-refractivity contribution in [2.24, 2.45) is 0 Å². The van der Waals surface area contributed by atoms with Crippen LogP contribution in [0.2, 0.25) is 0 Å². The lowest BCUT2D eigenvalue weighted by atomic mass is 10.2. The third kappa shape index (κ3) is 7.75. The predicted molar refractivity (Wildman–Crippen MR) is 104 cm³/mol. The Labute approximate surface area is 176 Å². The second-order valence-corrected chi connectivity index (χ2v) is 7.17. The number of esters is 3. The lowest BCUT2D eigenvalue weighted by Crippen LogP contribution is -2.40. The fraction of sp³-hybridized carbons (Fsp3) is 0.700. The molecule has 2 fully saturated rings. The van der Waals surface area contributed by atoms with Gasteiger partial charge in [-0.25, -0.2) is 14.4 Å². The first-order valence-electron chi connectivity index (χ1n) is 10.1. The predicted octanol–water partition coefficient (Wildman–Crippen LogP) is -0.0962. The summed E-state index contributed by atoms with van der Waals surface area (Å²) in [6.07, 6.45) is 3.03. The Morgan fingerprint density at radius 2 is 1.77 bits per heavy atom. The SMILES string of the molecule is COC(=O)/C=C/C(=O)O[C@@H]1C[C@@H](C(=O)OCCCCN2CCOCC2)N(C(C)=O)C1. The van der Waals surface area contributed by atoms with Crippen LogP contribution in [-0.2, 0) is 38.1 Å². The molecule has 0 bridgehead atoms. The van der Waals surface area contributed by atoms with Crippen LogP contribution in [0.15, 0.2) is 12.2 Å². The van der Waals surface area contributed by atoms with Crippen molar-refractivity contribution in [3.05, 3.63) is 12.2 Å². The first kappa shape index (κ1) is 23.8. The van der Waals surface area contributed by atoms with Crippen molar-refractivity contribution in [3.63, 3.8) is 0 Å². The van der Waals surface area contributed by atoms with E-state index in [1.54, 1.807) is 0 Å². The molecule has 0 spiro atoms. The highest BCUT2D eigenvalue weighted by Crippen LogP contribution is 2.22.